The number of thioether (sulfide) groups is 1. The van der Waals surface area contributed by atoms with Crippen LogP contribution in [0.4, 0.5) is 5.69 Å². The third-order valence-corrected chi connectivity index (χ3v) is 5.71. The Kier molecular flexibility index (Phi) is 5.61. The van der Waals surface area contributed by atoms with Crippen LogP contribution < -0.4 is 5.32 Å². The lowest BCUT2D eigenvalue weighted by Gasteiger charge is -2.11. The number of halogens is 2. The lowest BCUT2D eigenvalue weighted by molar-refractivity contribution is -0.113. The molecule has 0 aliphatic rings. The van der Waals surface area contributed by atoms with E-state index in [9.17, 15) is 4.79 Å². The van der Waals surface area contributed by atoms with Crippen molar-refractivity contribution in [1.82, 2.24) is 19.7 Å². The first-order valence-corrected chi connectivity index (χ1v) is 10.4. The van der Waals surface area contributed by atoms with Gasteiger partial charge in [0, 0.05) is 11.6 Å². The second kappa shape index (κ2) is 8.30. The summed E-state index contributed by atoms with van der Waals surface area (Å²) >= 11 is 10.7. The highest BCUT2D eigenvalue weighted by Gasteiger charge is 2.16. The van der Waals surface area contributed by atoms with Crippen LogP contribution in [0.25, 0.3) is 16.5 Å². The van der Waals surface area contributed by atoms with Crippen LogP contribution in [0.1, 0.15) is 0 Å². The predicted octanol–water partition coefficient (Wildman–Crippen LogP) is 4.96. The Balaban J connectivity index is 1.57. The number of aromatic nitrogens is 4. The van der Waals surface area contributed by atoms with Crippen molar-refractivity contribution in [2.75, 3.05) is 11.1 Å². The maximum Gasteiger partial charge on any atom is 0.234 e. The van der Waals surface area contributed by atoms with Crippen molar-refractivity contribution >= 4 is 61.7 Å². The lowest BCUT2D eigenvalue weighted by Crippen LogP contribution is -2.15. The molecule has 4 aromatic rings. The van der Waals surface area contributed by atoms with Crippen molar-refractivity contribution in [2.45, 2.75) is 5.16 Å². The molecule has 1 N–H and O–H groups in total. The fourth-order valence-electron chi connectivity index (χ4n) is 2.75. The number of carbonyl (C=O) groups excluding carboxylic acids is 1. The molecule has 4 rings (SSSR count). The minimum Gasteiger partial charge on any atom is -0.323 e. The predicted molar refractivity (Wildman–Crippen MR) is 115 cm³/mol. The maximum atomic E-state index is 12.3. The minimum absolute atomic E-state index is 0.154. The number of amides is 1. The lowest BCUT2D eigenvalue weighted by atomic mass is 10.1. The summed E-state index contributed by atoms with van der Waals surface area (Å²) in [6.07, 6.45) is 1.57. The Hall–Kier alpha value is -2.42. The van der Waals surface area contributed by atoms with Crippen molar-refractivity contribution < 1.29 is 4.79 Å². The Morgan fingerprint density at radius 3 is 2.79 bits per heavy atom. The largest absolute Gasteiger partial charge is 0.323 e. The van der Waals surface area contributed by atoms with Gasteiger partial charge in [0.15, 0.2) is 10.3 Å². The van der Waals surface area contributed by atoms with Crippen LogP contribution in [0.3, 0.4) is 0 Å². The Morgan fingerprint density at radius 2 is 1.93 bits per heavy atom. The van der Waals surface area contributed by atoms with Crippen molar-refractivity contribution in [1.29, 1.82) is 0 Å². The number of pyridine rings is 1. The molecule has 0 atom stereocenters. The van der Waals surface area contributed by atoms with E-state index in [2.05, 4.69) is 48.6 Å². The van der Waals surface area contributed by atoms with E-state index < -0.39 is 0 Å². The fourth-order valence-corrected chi connectivity index (χ4v) is 4.21. The number of nitrogens with zero attached hydrogens (tertiary/aromatic N) is 4. The van der Waals surface area contributed by atoms with E-state index in [4.69, 9.17) is 11.6 Å². The summed E-state index contributed by atoms with van der Waals surface area (Å²) in [5.74, 6) is -0.0512. The van der Waals surface area contributed by atoms with Crippen LogP contribution in [0, 0.1) is 0 Å². The molecule has 1 amide bonds. The monoisotopic (exact) mass is 473 g/mol. The molecule has 2 aromatic heterocycles. The van der Waals surface area contributed by atoms with Gasteiger partial charge in [-0.2, -0.15) is 0 Å². The topological polar surface area (TPSA) is 72.7 Å². The maximum absolute atomic E-state index is 12.3. The van der Waals surface area contributed by atoms with Crippen LogP contribution in [0.5, 0.6) is 0 Å². The number of fused-ring (bicyclic) bond motifs is 1. The van der Waals surface area contributed by atoms with E-state index >= 15 is 0 Å². The molecular weight excluding hydrogens is 462 g/mol. The Bertz CT molecular complexity index is 1160. The van der Waals surface area contributed by atoms with Gasteiger partial charge in [-0.05, 0) is 39.5 Å². The van der Waals surface area contributed by atoms with E-state index in [0.717, 1.165) is 16.5 Å². The highest BCUT2D eigenvalue weighted by atomic mass is 79.9. The van der Waals surface area contributed by atoms with Crippen molar-refractivity contribution in [2.24, 2.45) is 0 Å². The summed E-state index contributed by atoms with van der Waals surface area (Å²) in [7, 11) is 0. The fraction of sp³-hybridized carbons (Fsp3) is 0.0526. The SMILES string of the molecule is O=C(CSc1nnc(Br)n1-c1cccc2ccccc12)Nc1cccnc1Cl. The molecule has 28 heavy (non-hydrogen) atoms. The average Bonchev–Trinajstić information content (AvgIpc) is 3.08. The molecule has 0 spiro atoms. The van der Waals surface area contributed by atoms with Gasteiger partial charge >= 0.3 is 0 Å². The van der Waals surface area contributed by atoms with Crippen LogP contribution in [-0.2, 0) is 4.79 Å². The Labute approximate surface area is 178 Å². The number of nitrogens with one attached hydrogen (secondary N) is 1. The third-order valence-electron chi connectivity index (χ3n) is 3.97. The molecule has 0 saturated carbocycles. The molecule has 0 radical (unpaired) electrons. The molecule has 0 aliphatic carbocycles. The van der Waals surface area contributed by atoms with Gasteiger partial charge in [-0.25, -0.2) is 4.98 Å². The Morgan fingerprint density at radius 1 is 1.11 bits per heavy atom. The summed E-state index contributed by atoms with van der Waals surface area (Å²) in [4.78, 5) is 16.3. The number of hydrogen-bond acceptors (Lipinski definition) is 5. The molecule has 6 nitrogen and oxygen atoms in total. The van der Waals surface area contributed by atoms with E-state index in [-0.39, 0.29) is 16.8 Å². The average molecular weight is 475 g/mol. The van der Waals surface area contributed by atoms with Crippen molar-refractivity contribution in [3.8, 4) is 5.69 Å². The molecular formula is C19H13BrClN5OS. The number of carbonyl (C=O) groups is 1. The quantitative estimate of drug-likeness (QED) is 0.327. The van der Waals surface area contributed by atoms with Gasteiger partial charge in [0.1, 0.15) is 0 Å². The second-order valence-corrected chi connectivity index (χ2v) is 7.77. The molecule has 140 valence electrons. The van der Waals surface area contributed by atoms with Gasteiger partial charge in [0.25, 0.3) is 0 Å². The highest BCUT2D eigenvalue weighted by Crippen LogP contribution is 2.30. The molecule has 2 aromatic carbocycles. The molecule has 0 fully saturated rings. The number of anilines is 1. The molecule has 0 saturated heterocycles. The van der Waals surface area contributed by atoms with Crippen LogP contribution in [-0.4, -0.2) is 31.4 Å². The summed E-state index contributed by atoms with van der Waals surface area (Å²) in [5.41, 5.74) is 1.42. The van der Waals surface area contributed by atoms with E-state index in [0.29, 0.717) is 15.6 Å². The van der Waals surface area contributed by atoms with Crippen LogP contribution in [0.15, 0.2) is 70.7 Å². The molecule has 2 heterocycles. The van der Waals surface area contributed by atoms with E-state index in [1.54, 1.807) is 18.3 Å². The number of hydrogen-bond donors (Lipinski definition) is 1. The summed E-state index contributed by atoms with van der Waals surface area (Å²) in [6.45, 7) is 0. The van der Waals surface area contributed by atoms with Crippen LogP contribution in [0.2, 0.25) is 5.15 Å². The second-order valence-electron chi connectivity index (χ2n) is 5.76. The van der Waals surface area contributed by atoms with E-state index in [1.807, 2.05) is 34.9 Å². The first-order chi connectivity index (χ1) is 13.6. The molecule has 9 heteroatoms. The van der Waals surface area contributed by atoms with Gasteiger partial charge in [-0.3, -0.25) is 9.36 Å². The standard InChI is InChI=1S/C19H13BrClN5OS/c20-18-24-25-19(28-11-16(27)23-14-8-4-10-22-17(14)21)26(18)15-9-3-6-12-5-1-2-7-13(12)15/h1-10H,11H2,(H,23,27). The van der Waals surface area contributed by atoms with Gasteiger partial charge in [-0.1, -0.05) is 59.8 Å². The number of rotatable bonds is 5. The first-order valence-electron chi connectivity index (χ1n) is 8.25. The zero-order valence-corrected chi connectivity index (χ0v) is 17.5. The molecule has 0 bridgehead atoms. The van der Waals surface area contributed by atoms with Gasteiger partial charge in [0.05, 0.1) is 17.1 Å². The number of benzene rings is 2. The van der Waals surface area contributed by atoms with Crippen LogP contribution >= 0.6 is 39.3 Å². The van der Waals surface area contributed by atoms with Crippen molar-refractivity contribution in [3.05, 3.63) is 70.7 Å². The molecule has 0 unspecified atom stereocenters. The first kappa shape index (κ1) is 18.9. The minimum atomic E-state index is -0.205. The normalized spacial score (nSPS) is 10.9. The third kappa shape index (κ3) is 3.89. The van der Waals surface area contributed by atoms with Crippen molar-refractivity contribution in [3.63, 3.8) is 0 Å². The smallest absolute Gasteiger partial charge is 0.234 e. The van der Waals surface area contributed by atoms with Gasteiger partial charge in [-0.15, -0.1) is 10.2 Å². The van der Waals surface area contributed by atoms with Gasteiger partial charge in [0.2, 0.25) is 10.6 Å². The summed E-state index contributed by atoms with van der Waals surface area (Å²) < 4.78 is 2.46. The summed E-state index contributed by atoms with van der Waals surface area (Å²) in [5, 5.41) is 14.1. The summed E-state index contributed by atoms with van der Waals surface area (Å²) in [6, 6.07) is 17.5. The zero-order valence-electron chi connectivity index (χ0n) is 14.3. The highest BCUT2D eigenvalue weighted by molar-refractivity contribution is 9.10. The zero-order chi connectivity index (χ0) is 19.5. The van der Waals surface area contributed by atoms with E-state index in [1.165, 1.54) is 11.8 Å². The molecule has 0 aliphatic heterocycles. The van der Waals surface area contributed by atoms with Gasteiger partial charge < -0.3 is 5.32 Å².